The van der Waals surface area contributed by atoms with Gasteiger partial charge in [-0.3, -0.25) is 14.9 Å². The molecule has 0 bridgehead atoms. The molecular weight excluding hydrogens is 332 g/mol. The second-order valence-electron chi connectivity index (χ2n) is 5.72. The molecule has 1 heterocycles. The fourth-order valence-electron chi connectivity index (χ4n) is 2.53. The van der Waals surface area contributed by atoms with Crippen molar-refractivity contribution in [1.82, 2.24) is 15.1 Å². The van der Waals surface area contributed by atoms with Crippen molar-refractivity contribution in [3.63, 3.8) is 0 Å². The summed E-state index contributed by atoms with van der Waals surface area (Å²) in [5.74, 6) is -0.236. The van der Waals surface area contributed by atoms with Gasteiger partial charge in [0.25, 0.3) is 11.6 Å². The Morgan fingerprint density at radius 2 is 1.85 bits per heavy atom. The van der Waals surface area contributed by atoms with Gasteiger partial charge in [-0.2, -0.15) is 5.10 Å². The molecule has 3 rings (SSSR count). The number of nitro groups is 1. The van der Waals surface area contributed by atoms with Crippen LogP contribution in [0.2, 0.25) is 0 Å². The van der Waals surface area contributed by atoms with Crippen LogP contribution in [0.4, 0.5) is 5.69 Å². The van der Waals surface area contributed by atoms with E-state index in [0.29, 0.717) is 23.6 Å². The molecule has 0 saturated heterocycles. The van der Waals surface area contributed by atoms with Gasteiger partial charge in [-0.1, -0.05) is 37.3 Å². The number of rotatable bonds is 6. The van der Waals surface area contributed by atoms with E-state index in [1.807, 2.05) is 37.3 Å². The van der Waals surface area contributed by atoms with Crippen LogP contribution in [0, 0.1) is 10.1 Å². The molecule has 1 N–H and O–H groups in total. The lowest BCUT2D eigenvalue weighted by Gasteiger charge is -2.07. The van der Waals surface area contributed by atoms with Gasteiger partial charge in [-0.05, 0) is 24.6 Å². The van der Waals surface area contributed by atoms with Crippen molar-refractivity contribution in [2.45, 2.75) is 13.3 Å². The number of carbonyl (C=O) groups excluding carboxylic acids is 1. The SMILES string of the molecule is CCCNC(=O)c1cc(-c2ccccc2)nn1-c1ccc([N+](=O)[O-])cc1. The summed E-state index contributed by atoms with van der Waals surface area (Å²) in [6, 6.07) is 17.2. The van der Waals surface area contributed by atoms with Gasteiger partial charge >= 0.3 is 0 Å². The van der Waals surface area contributed by atoms with Gasteiger partial charge in [-0.25, -0.2) is 4.68 Å². The molecule has 0 aliphatic carbocycles. The van der Waals surface area contributed by atoms with Gasteiger partial charge in [-0.15, -0.1) is 0 Å². The number of nitrogens with zero attached hydrogens (tertiary/aromatic N) is 3. The summed E-state index contributed by atoms with van der Waals surface area (Å²) in [6.45, 7) is 2.54. The molecule has 7 heteroatoms. The maximum absolute atomic E-state index is 12.5. The lowest BCUT2D eigenvalue weighted by molar-refractivity contribution is -0.384. The van der Waals surface area contributed by atoms with Crippen LogP contribution in [0.5, 0.6) is 0 Å². The van der Waals surface area contributed by atoms with E-state index in [9.17, 15) is 14.9 Å². The van der Waals surface area contributed by atoms with Crippen LogP contribution < -0.4 is 5.32 Å². The van der Waals surface area contributed by atoms with E-state index in [0.717, 1.165) is 12.0 Å². The fraction of sp³-hybridized carbons (Fsp3) is 0.158. The summed E-state index contributed by atoms with van der Waals surface area (Å²) in [5.41, 5.74) is 2.50. The van der Waals surface area contributed by atoms with Crippen molar-refractivity contribution < 1.29 is 9.72 Å². The largest absolute Gasteiger partial charge is 0.351 e. The molecule has 26 heavy (non-hydrogen) atoms. The smallest absolute Gasteiger partial charge is 0.270 e. The summed E-state index contributed by atoms with van der Waals surface area (Å²) in [5, 5.41) is 18.2. The number of carbonyl (C=O) groups is 1. The zero-order valence-corrected chi connectivity index (χ0v) is 14.3. The fourth-order valence-corrected chi connectivity index (χ4v) is 2.53. The molecule has 3 aromatic rings. The predicted octanol–water partition coefficient (Wildman–Crippen LogP) is 3.59. The molecule has 1 amide bonds. The molecule has 1 aromatic heterocycles. The van der Waals surface area contributed by atoms with Crippen molar-refractivity contribution in [3.8, 4) is 16.9 Å². The number of nitrogens with one attached hydrogen (secondary N) is 1. The zero-order valence-electron chi connectivity index (χ0n) is 14.3. The third-order valence-corrected chi connectivity index (χ3v) is 3.85. The Morgan fingerprint density at radius 3 is 2.46 bits per heavy atom. The van der Waals surface area contributed by atoms with E-state index >= 15 is 0 Å². The molecule has 0 spiro atoms. The lowest BCUT2D eigenvalue weighted by Crippen LogP contribution is -2.26. The van der Waals surface area contributed by atoms with Crippen LogP contribution in [0.25, 0.3) is 16.9 Å². The minimum Gasteiger partial charge on any atom is -0.351 e. The highest BCUT2D eigenvalue weighted by Gasteiger charge is 2.18. The molecule has 0 saturated carbocycles. The first-order valence-corrected chi connectivity index (χ1v) is 8.28. The highest BCUT2D eigenvalue weighted by atomic mass is 16.6. The van der Waals surface area contributed by atoms with E-state index in [2.05, 4.69) is 10.4 Å². The average molecular weight is 350 g/mol. The second-order valence-corrected chi connectivity index (χ2v) is 5.72. The lowest BCUT2D eigenvalue weighted by atomic mass is 10.1. The molecule has 7 nitrogen and oxygen atoms in total. The Bertz CT molecular complexity index is 918. The molecule has 2 aromatic carbocycles. The molecule has 0 radical (unpaired) electrons. The predicted molar refractivity (Wildman–Crippen MR) is 98.3 cm³/mol. The topological polar surface area (TPSA) is 90.1 Å². The van der Waals surface area contributed by atoms with Gasteiger partial charge in [0.2, 0.25) is 0 Å². The summed E-state index contributed by atoms with van der Waals surface area (Å²) in [6.07, 6.45) is 0.822. The van der Waals surface area contributed by atoms with E-state index < -0.39 is 4.92 Å². The summed E-state index contributed by atoms with van der Waals surface area (Å²) >= 11 is 0. The number of aromatic nitrogens is 2. The number of hydrogen-bond acceptors (Lipinski definition) is 4. The van der Waals surface area contributed by atoms with Crippen LogP contribution >= 0.6 is 0 Å². The van der Waals surface area contributed by atoms with Crippen LogP contribution in [0.3, 0.4) is 0 Å². The van der Waals surface area contributed by atoms with Gasteiger partial charge < -0.3 is 5.32 Å². The van der Waals surface area contributed by atoms with E-state index in [1.54, 1.807) is 18.2 Å². The van der Waals surface area contributed by atoms with Gasteiger partial charge in [0.15, 0.2) is 0 Å². The molecule has 0 aliphatic heterocycles. The van der Waals surface area contributed by atoms with E-state index in [1.165, 1.54) is 16.8 Å². The minimum absolute atomic E-state index is 0.0128. The molecular formula is C19H18N4O3. The number of benzene rings is 2. The molecule has 0 atom stereocenters. The van der Waals surface area contributed by atoms with Crippen molar-refractivity contribution >= 4 is 11.6 Å². The molecule has 0 aliphatic rings. The standard InChI is InChI=1S/C19H18N4O3/c1-2-12-20-19(24)18-13-17(14-6-4-3-5-7-14)21-22(18)15-8-10-16(11-9-15)23(25)26/h3-11,13H,2,12H2,1H3,(H,20,24). The third-order valence-electron chi connectivity index (χ3n) is 3.85. The molecule has 0 unspecified atom stereocenters. The van der Waals surface area contributed by atoms with Gasteiger partial charge in [0, 0.05) is 24.2 Å². The monoisotopic (exact) mass is 350 g/mol. The highest BCUT2D eigenvalue weighted by Crippen LogP contribution is 2.23. The van der Waals surface area contributed by atoms with Crippen LogP contribution in [-0.4, -0.2) is 27.2 Å². The summed E-state index contributed by atoms with van der Waals surface area (Å²) < 4.78 is 1.51. The Labute approximate surface area is 150 Å². The summed E-state index contributed by atoms with van der Waals surface area (Å²) in [7, 11) is 0. The van der Waals surface area contributed by atoms with Crippen molar-refractivity contribution in [1.29, 1.82) is 0 Å². The first-order chi connectivity index (χ1) is 12.6. The van der Waals surface area contributed by atoms with Gasteiger partial charge in [0.05, 0.1) is 16.3 Å². The molecule has 0 fully saturated rings. The Kier molecular flexibility index (Phi) is 5.07. The van der Waals surface area contributed by atoms with Crippen molar-refractivity contribution in [3.05, 3.63) is 76.5 Å². The molecule has 132 valence electrons. The Hall–Kier alpha value is -3.48. The number of nitro benzene ring substituents is 1. The van der Waals surface area contributed by atoms with Crippen molar-refractivity contribution in [2.75, 3.05) is 6.54 Å². The maximum atomic E-state index is 12.5. The number of amides is 1. The van der Waals surface area contributed by atoms with Crippen molar-refractivity contribution in [2.24, 2.45) is 0 Å². The number of hydrogen-bond donors (Lipinski definition) is 1. The first kappa shape index (κ1) is 17.3. The maximum Gasteiger partial charge on any atom is 0.270 e. The normalized spacial score (nSPS) is 10.5. The average Bonchev–Trinajstić information content (AvgIpc) is 3.12. The number of non-ortho nitro benzene ring substituents is 1. The second kappa shape index (κ2) is 7.60. The Balaban J connectivity index is 2.05. The van der Waals surface area contributed by atoms with Gasteiger partial charge in [0.1, 0.15) is 5.69 Å². The van der Waals surface area contributed by atoms with E-state index in [4.69, 9.17) is 0 Å². The minimum atomic E-state index is -0.461. The zero-order chi connectivity index (χ0) is 18.5. The Morgan fingerprint density at radius 1 is 1.15 bits per heavy atom. The van der Waals surface area contributed by atoms with Crippen LogP contribution in [-0.2, 0) is 0 Å². The van der Waals surface area contributed by atoms with Crippen LogP contribution in [0.1, 0.15) is 23.8 Å². The first-order valence-electron chi connectivity index (χ1n) is 8.28. The third kappa shape index (κ3) is 3.61. The van der Waals surface area contributed by atoms with Crippen LogP contribution in [0.15, 0.2) is 60.7 Å². The van der Waals surface area contributed by atoms with E-state index in [-0.39, 0.29) is 11.6 Å². The quantitative estimate of drug-likeness (QED) is 0.543. The highest BCUT2D eigenvalue weighted by molar-refractivity contribution is 5.94. The summed E-state index contributed by atoms with van der Waals surface area (Å²) in [4.78, 5) is 22.9.